The lowest BCUT2D eigenvalue weighted by Gasteiger charge is -2.44. The van der Waals surface area contributed by atoms with Crippen LogP contribution in [0.15, 0.2) is 6.08 Å². The molecular formula is C26H45N3O6S. The van der Waals surface area contributed by atoms with Gasteiger partial charge in [0.1, 0.15) is 12.2 Å². The van der Waals surface area contributed by atoms with Gasteiger partial charge in [-0.05, 0) is 12.8 Å². The number of nitrogens with zero attached hydrogens (tertiary/aromatic N) is 3. The van der Waals surface area contributed by atoms with E-state index in [2.05, 4.69) is 49.6 Å². The van der Waals surface area contributed by atoms with Crippen LogP contribution in [0.1, 0.15) is 91.2 Å². The zero-order valence-electron chi connectivity index (χ0n) is 22.7. The first-order valence-corrected chi connectivity index (χ1v) is 13.9. The smallest absolute Gasteiger partial charge is 0.512 e. The Morgan fingerprint density at radius 2 is 1.75 bits per heavy atom. The number of unbranched alkanes of at least 4 members (excludes halogenated alkanes) is 6. The van der Waals surface area contributed by atoms with Gasteiger partial charge >= 0.3 is 6.16 Å². The molecule has 0 radical (unpaired) electrons. The van der Waals surface area contributed by atoms with Crippen LogP contribution in [0.4, 0.5) is 4.79 Å². The molecule has 2 unspecified atom stereocenters. The number of quaternary nitrogens is 1. The first kappa shape index (κ1) is 31.8. The van der Waals surface area contributed by atoms with Gasteiger partial charge in [0.05, 0.1) is 38.5 Å². The zero-order chi connectivity index (χ0) is 26.8. The summed E-state index contributed by atoms with van der Waals surface area (Å²) in [7, 11) is 2.15. The monoisotopic (exact) mass is 527 g/mol. The maximum absolute atomic E-state index is 12.4. The van der Waals surface area contributed by atoms with E-state index < -0.39 is 12.6 Å². The fraction of sp³-hybridized carbons (Fsp3) is 0.769. The second-order valence-electron chi connectivity index (χ2n) is 9.71. The first-order valence-electron chi connectivity index (χ1n) is 13.2. The normalized spacial score (nSPS) is 18.0. The van der Waals surface area contributed by atoms with E-state index in [-0.39, 0.29) is 12.1 Å². The highest BCUT2D eigenvalue weighted by Crippen LogP contribution is 2.33. The average molecular weight is 528 g/mol. The predicted molar refractivity (Wildman–Crippen MR) is 139 cm³/mol. The molecule has 1 aliphatic rings. The molecule has 0 aromatic carbocycles. The highest BCUT2D eigenvalue weighted by Gasteiger charge is 2.41. The van der Waals surface area contributed by atoms with Gasteiger partial charge in [0, 0.05) is 24.4 Å². The van der Waals surface area contributed by atoms with Crippen LogP contribution in [0.25, 0.3) is 5.57 Å². The summed E-state index contributed by atoms with van der Waals surface area (Å²) in [6, 6.07) is 0. The van der Waals surface area contributed by atoms with Gasteiger partial charge in [0.2, 0.25) is 6.23 Å². The van der Waals surface area contributed by atoms with E-state index in [0.29, 0.717) is 30.1 Å². The summed E-state index contributed by atoms with van der Waals surface area (Å²) in [4.78, 5) is 20.7. The van der Waals surface area contributed by atoms with E-state index >= 15 is 0 Å². The van der Waals surface area contributed by atoms with Crippen LogP contribution < -0.4 is 9.84 Å². The van der Waals surface area contributed by atoms with Gasteiger partial charge in [-0.2, -0.15) is 4.37 Å². The van der Waals surface area contributed by atoms with Crippen molar-refractivity contribution in [2.45, 2.75) is 91.7 Å². The molecule has 0 bridgehead atoms. The molecule has 0 fully saturated rings. The summed E-state index contributed by atoms with van der Waals surface area (Å²) in [5, 5.41) is 8.25. The lowest BCUT2D eigenvalue weighted by atomic mass is 10.0. The predicted octanol–water partition coefficient (Wildman–Crippen LogP) is 4.81. The van der Waals surface area contributed by atoms with E-state index in [1.54, 1.807) is 0 Å². The van der Waals surface area contributed by atoms with Crippen molar-refractivity contribution in [1.82, 2.24) is 8.75 Å². The molecule has 0 N–H and O–H groups in total. The molecule has 2 heterocycles. The maximum atomic E-state index is 12.4. The highest BCUT2D eigenvalue weighted by molar-refractivity contribution is 6.99. The topological polar surface area (TPSA) is 111 Å². The molecule has 2 rings (SSSR count). The largest absolute Gasteiger partial charge is 0.554 e. The quantitative estimate of drug-likeness (QED) is 0.138. The summed E-state index contributed by atoms with van der Waals surface area (Å²) in [6.07, 6.45) is 11.2. The molecule has 2 atom stereocenters. The molecule has 1 aromatic heterocycles. The molecular weight excluding hydrogens is 482 g/mol. The fourth-order valence-corrected chi connectivity index (χ4v) is 4.96. The summed E-state index contributed by atoms with van der Waals surface area (Å²) in [5.74, 6) is 0.787. The van der Waals surface area contributed by atoms with Crippen LogP contribution in [0.5, 0.6) is 5.88 Å². The van der Waals surface area contributed by atoms with Gasteiger partial charge in [-0.25, -0.2) is 4.79 Å². The molecule has 9 nitrogen and oxygen atoms in total. The molecule has 0 spiro atoms. The number of likely N-dealkylation sites (N-methyl/N-ethyl adjacent to an activating group) is 1. The average Bonchev–Trinajstić information content (AvgIpc) is 3.31. The minimum atomic E-state index is -0.563. The van der Waals surface area contributed by atoms with Gasteiger partial charge in [0.15, 0.2) is 0 Å². The number of rotatable bonds is 15. The zero-order valence-corrected chi connectivity index (χ0v) is 23.5. The molecule has 0 aliphatic carbocycles. The second-order valence-corrected chi connectivity index (χ2v) is 10.2. The lowest BCUT2D eigenvalue weighted by molar-refractivity contribution is -0.950. The Kier molecular flexibility index (Phi) is 16.0. The van der Waals surface area contributed by atoms with E-state index in [9.17, 15) is 4.79 Å². The number of aromatic nitrogens is 2. The van der Waals surface area contributed by atoms with E-state index in [1.807, 2.05) is 0 Å². The molecule has 10 heteroatoms. The van der Waals surface area contributed by atoms with Crippen molar-refractivity contribution in [2.24, 2.45) is 5.92 Å². The van der Waals surface area contributed by atoms with Crippen molar-refractivity contribution in [2.75, 3.05) is 33.4 Å². The Labute approximate surface area is 220 Å². The van der Waals surface area contributed by atoms with Gasteiger partial charge in [-0.1, -0.05) is 72.3 Å². The minimum absolute atomic E-state index is 0.157. The minimum Gasteiger partial charge on any atom is -0.554 e. The number of carbonyl (C=O) groups is 2. The molecule has 0 saturated carbocycles. The Morgan fingerprint density at radius 1 is 1.11 bits per heavy atom. The molecule has 36 heavy (non-hydrogen) atoms. The third-order valence-corrected chi connectivity index (χ3v) is 6.69. The number of hydrogen-bond donors (Lipinski definition) is 0. The van der Waals surface area contributed by atoms with Crippen molar-refractivity contribution in [3.63, 3.8) is 0 Å². The SMILES string of the molecule is CCCCCCOC(=O)OC(C(C)C)[N+]1(C)CCC=C(c2nsnc2OCCCCCC)C1.O=C[O-]. The molecule has 0 saturated heterocycles. The van der Waals surface area contributed by atoms with Gasteiger partial charge in [-0.15, -0.1) is 4.37 Å². The third kappa shape index (κ3) is 11.2. The summed E-state index contributed by atoms with van der Waals surface area (Å²) in [5.41, 5.74) is 1.95. The maximum Gasteiger partial charge on any atom is 0.512 e. The van der Waals surface area contributed by atoms with Crippen LogP contribution in [-0.4, -0.2) is 65.4 Å². The second kappa shape index (κ2) is 18.1. The number of carbonyl (C=O) groups excluding carboxylic acids is 2. The van der Waals surface area contributed by atoms with Crippen LogP contribution in [0.3, 0.4) is 0 Å². The number of carboxylic acid groups (broad SMARTS) is 1. The van der Waals surface area contributed by atoms with Crippen molar-refractivity contribution in [3.05, 3.63) is 11.8 Å². The first-order chi connectivity index (χ1) is 17.3. The van der Waals surface area contributed by atoms with Crippen LogP contribution >= 0.6 is 11.7 Å². The summed E-state index contributed by atoms with van der Waals surface area (Å²) in [6.45, 7) is 10.7. The standard InChI is InChI=1S/C25H44N3O4S.CH2O2/c1-6-8-10-12-17-30-23-22(26-33-27-23)21-15-14-16-28(5,19-21)24(20(3)4)32-25(29)31-18-13-11-9-7-2;2-1-3/h15,20,24H,6-14,16-19H2,1-5H3;1H,(H,2,3)/q+1;/p-1. The van der Waals surface area contributed by atoms with E-state index in [4.69, 9.17) is 24.1 Å². The lowest BCUT2D eigenvalue weighted by Crippen LogP contribution is -2.58. The molecule has 1 aromatic rings. The molecule has 0 amide bonds. The molecule has 1 aliphatic heterocycles. The van der Waals surface area contributed by atoms with Crippen molar-refractivity contribution < 1.29 is 33.4 Å². The Morgan fingerprint density at radius 3 is 2.36 bits per heavy atom. The van der Waals surface area contributed by atoms with Crippen LogP contribution in [-0.2, 0) is 14.3 Å². The van der Waals surface area contributed by atoms with Crippen molar-refractivity contribution in [3.8, 4) is 5.88 Å². The Balaban J connectivity index is 0.00000205. The number of ether oxygens (including phenoxy) is 3. The van der Waals surface area contributed by atoms with Gasteiger partial charge in [-0.3, -0.25) is 4.48 Å². The Bertz CT molecular complexity index is 785. The fourth-order valence-electron chi connectivity index (χ4n) is 4.42. The van der Waals surface area contributed by atoms with Crippen molar-refractivity contribution in [1.29, 1.82) is 0 Å². The molecule has 206 valence electrons. The summed E-state index contributed by atoms with van der Waals surface area (Å²) >= 11 is 1.19. The van der Waals surface area contributed by atoms with Gasteiger partial charge in [0.25, 0.3) is 5.88 Å². The highest BCUT2D eigenvalue weighted by atomic mass is 32.1. The van der Waals surface area contributed by atoms with Crippen LogP contribution in [0, 0.1) is 5.92 Å². The van der Waals surface area contributed by atoms with Crippen LogP contribution in [0.2, 0.25) is 0 Å². The van der Waals surface area contributed by atoms with Crippen molar-refractivity contribution >= 4 is 29.9 Å². The third-order valence-electron chi connectivity index (χ3n) is 6.18. The summed E-state index contributed by atoms with van der Waals surface area (Å²) < 4.78 is 26.8. The number of hydrogen-bond acceptors (Lipinski definition) is 9. The van der Waals surface area contributed by atoms with Gasteiger partial charge < -0.3 is 24.1 Å². The van der Waals surface area contributed by atoms with E-state index in [1.165, 1.54) is 31.0 Å². The Hall–Kier alpha value is -2.20. The van der Waals surface area contributed by atoms with E-state index in [0.717, 1.165) is 56.3 Å².